The summed E-state index contributed by atoms with van der Waals surface area (Å²) in [6.07, 6.45) is -0.592. The van der Waals surface area contributed by atoms with E-state index in [2.05, 4.69) is 10.1 Å². The van der Waals surface area contributed by atoms with E-state index in [-0.39, 0.29) is 6.04 Å². The normalized spacial score (nSPS) is 27.1. The number of carbonyl (C=O) groups excluding carboxylic acids is 1. The third kappa shape index (κ3) is 1.95. The van der Waals surface area contributed by atoms with Gasteiger partial charge in [-0.3, -0.25) is 4.90 Å². The Hall–Kier alpha value is -1.30. The zero-order valence-electron chi connectivity index (χ0n) is 8.19. The maximum atomic E-state index is 11.2. The first kappa shape index (κ1) is 10.8. The van der Waals surface area contributed by atoms with Gasteiger partial charge in [0.05, 0.1) is 7.11 Å². The molecular weight excluding hydrogens is 188 g/mol. The molecule has 2 unspecified atom stereocenters. The van der Waals surface area contributed by atoms with Crippen molar-refractivity contribution < 1.29 is 19.4 Å². The van der Waals surface area contributed by atoms with E-state index < -0.39 is 18.1 Å². The maximum absolute atomic E-state index is 11.2. The molecule has 1 amide bonds. The van der Waals surface area contributed by atoms with Crippen LogP contribution in [-0.2, 0) is 9.53 Å². The number of hydrogen-bond acceptors (Lipinski definition) is 4. The quantitative estimate of drug-likeness (QED) is 0.599. The van der Waals surface area contributed by atoms with Crippen molar-refractivity contribution >= 4 is 12.1 Å². The molecule has 6 nitrogen and oxygen atoms in total. The average Bonchev–Trinajstić information content (AvgIpc) is 2.15. The fraction of sp³-hybridized carbons (Fsp3) is 0.750. The van der Waals surface area contributed by atoms with Gasteiger partial charge in [-0.05, 0) is 6.92 Å². The van der Waals surface area contributed by atoms with Crippen LogP contribution < -0.4 is 5.32 Å². The van der Waals surface area contributed by atoms with Crippen LogP contribution in [0.1, 0.15) is 6.92 Å². The fourth-order valence-corrected chi connectivity index (χ4v) is 1.60. The van der Waals surface area contributed by atoms with Gasteiger partial charge in [0.15, 0.2) is 0 Å². The summed E-state index contributed by atoms with van der Waals surface area (Å²) in [6, 6.07) is -1.11. The zero-order chi connectivity index (χ0) is 10.7. The van der Waals surface area contributed by atoms with Gasteiger partial charge in [0.2, 0.25) is 0 Å². The molecule has 14 heavy (non-hydrogen) atoms. The monoisotopic (exact) mass is 202 g/mol. The highest BCUT2D eigenvalue weighted by molar-refractivity contribution is 5.81. The number of amides is 1. The van der Waals surface area contributed by atoms with E-state index in [1.807, 2.05) is 0 Å². The number of carboxylic acids is 1. The minimum Gasteiger partial charge on any atom is -0.480 e. The summed E-state index contributed by atoms with van der Waals surface area (Å²) in [5.74, 6) is -1.02. The van der Waals surface area contributed by atoms with Crippen molar-refractivity contribution in [2.45, 2.75) is 19.0 Å². The topological polar surface area (TPSA) is 78.9 Å². The zero-order valence-corrected chi connectivity index (χ0v) is 8.19. The number of aliphatic carboxylic acids is 1. The van der Waals surface area contributed by atoms with Crippen molar-refractivity contribution in [2.75, 3.05) is 20.2 Å². The van der Waals surface area contributed by atoms with Crippen molar-refractivity contribution in [3.8, 4) is 0 Å². The highest BCUT2D eigenvalue weighted by Gasteiger charge is 2.37. The number of nitrogens with zero attached hydrogens (tertiary/aromatic N) is 1. The van der Waals surface area contributed by atoms with Gasteiger partial charge in [0, 0.05) is 19.1 Å². The Morgan fingerprint density at radius 2 is 2.21 bits per heavy atom. The molecule has 0 saturated carbocycles. The van der Waals surface area contributed by atoms with Crippen LogP contribution in [0.2, 0.25) is 0 Å². The largest absolute Gasteiger partial charge is 0.480 e. The number of rotatable bonds is 1. The summed E-state index contributed by atoms with van der Waals surface area (Å²) < 4.78 is 4.51. The molecule has 0 aromatic rings. The molecule has 0 aromatic heterocycles. The molecule has 1 saturated heterocycles. The second-order valence-electron chi connectivity index (χ2n) is 3.19. The van der Waals surface area contributed by atoms with Gasteiger partial charge in [0.25, 0.3) is 0 Å². The summed E-state index contributed by atoms with van der Waals surface area (Å²) in [7, 11) is 1.24. The molecule has 1 aliphatic heterocycles. The van der Waals surface area contributed by atoms with Gasteiger partial charge < -0.3 is 15.2 Å². The van der Waals surface area contributed by atoms with Crippen LogP contribution in [-0.4, -0.2) is 54.4 Å². The summed E-state index contributed by atoms with van der Waals surface area (Å²) in [5.41, 5.74) is 0. The molecule has 0 aliphatic carbocycles. The lowest BCUT2D eigenvalue weighted by Crippen LogP contribution is -2.61. The Morgan fingerprint density at radius 3 is 2.71 bits per heavy atom. The Kier molecular flexibility index (Phi) is 3.29. The molecule has 2 N–H and O–H groups in total. The number of carbonyl (C=O) groups is 2. The molecule has 6 heteroatoms. The van der Waals surface area contributed by atoms with Crippen molar-refractivity contribution in [1.82, 2.24) is 10.2 Å². The lowest BCUT2D eigenvalue weighted by atomic mass is 10.1. The van der Waals surface area contributed by atoms with Crippen molar-refractivity contribution in [1.29, 1.82) is 0 Å². The Labute approximate surface area is 81.8 Å². The molecule has 0 aromatic carbocycles. The van der Waals surface area contributed by atoms with Crippen molar-refractivity contribution in [2.24, 2.45) is 0 Å². The number of carboxylic acid groups (broad SMARTS) is 1. The molecule has 1 heterocycles. The average molecular weight is 202 g/mol. The van der Waals surface area contributed by atoms with E-state index in [0.29, 0.717) is 13.1 Å². The minimum absolute atomic E-state index is 0.264. The molecule has 1 aliphatic rings. The SMILES string of the molecule is COC(=O)N1CCNC(C)C1C(=O)O. The van der Waals surface area contributed by atoms with Crippen LogP contribution in [0.5, 0.6) is 0 Å². The number of piperazine rings is 1. The first-order chi connectivity index (χ1) is 6.57. The van der Waals surface area contributed by atoms with Crippen molar-refractivity contribution in [3.05, 3.63) is 0 Å². The third-order valence-corrected chi connectivity index (χ3v) is 2.29. The number of ether oxygens (including phenoxy) is 1. The van der Waals surface area contributed by atoms with E-state index in [9.17, 15) is 9.59 Å². The van der Waals surface area contributed by atoms with Gasteiger partial charge in [-0.2, -0.15) is 0 Å². The summed E-state index contributed by atoms with van der Waals surface area (Å²) >= 11 is 0. The molecule has 0 radical (unpaired) electrons. The van der Waals surface area contributed by atoms with Crippen molar-refractivity contribution in [3.63, 3.8) is 0 Å². The highest BCUT2D eigenvalue weighted by Crippen LogP contribution is 2.10. The lowest BCUT2D eigenvalue weighted by molar-refractivity contribution is -0.144. The van der Waals surface area contributed by atoms with Gasteiger partial charge in [0.1, 0.15) is 6.04 Å². The van der Waals surface area contributed by atoms with E-state index in [1.165, 1.54) is 12.0 Å². The van der Waals surface area contributed by atoms with Crippen LogP contribution >= 0.6 is 0 Å². The van der Waals surface area contributed by atoms with Crippen LogP contribution in [0.3, 0.4) is 0 Å². The lowest BCUT2D eigenvalue weighted by Gasteiger charge is -2.36. The standard InChI is InChI=1S/C8H14N2O4/c1-5-6(7(11)12)10(4-3-9-5)8(13)14-2/h5-6,9H,3-4H2,1-2H3,(H,11,12). The smallest absolute Gasteiger partial charge is 0.410 e. The Bertz CT molecular complexity index is 243. The van der Waals surface area contributed by atoms with E-state index in [1.54, 1.807) is 6.92 Å². The molecule has 0 spiro atoms. The molecule has 1 fully saturated rings. The van der Waals surface area contributed by atoms with Gasteiger partial charge >= 0.3 is 12.1 Å². The van der Waals surface area contributed by atoms with Gasteiger partial charge in [-0.15, -0.1) is 0 Å². The van der Waals surface area contributed by atoms with Crippen LogP contribution in [0.15, 0.2) is 0 Å². The predicted octanol–water partition coefficient (Wildman–Crippen LogP) is -0.500. The van der Waals surface area contributed by atoms with E-state index in [4.69, 9.17) is 5.11 Å². The van der Waals surface area contributed by atoms with Crippen LogP contribution in [0.25, 0.3) is 0 Å². The first-order valence-corrected chi connectivity index (χ1v) is 4.38. The summed E-state index contributed by atoms with van der Waals surface area (Å²) in [5, 5.41) is 11.9. The minimum atomic E-state index is -1.02. The van der Waals surface area contributed by atoms with Crippen LogP contribution in [0, 0.1) is 0 Å². The number of nitrogens with one attached hydrogen (secondary N) is 1. The maximum Gasteiger partial charge on any atom is 0.410 e. The number of hydrogen-bond donors (Lipinski definition) is 2. The predicted molar refractivity (Wildman–Crippen MR) is 48.0 cm³/mol. The van der Waals surface area contributed by atoms with Gasteiger partial charge in [-0.1, -0.05) is 0 Å². The molecule has 1 rings (SSSR count). The Morgan fingerprint density at radius 1 is 1.57 bits per heavy atom. The molecular formula is C8H14N2O4. The van der Waals surface area contributed by atoms with E-state index >= 15 is 0 Å². The summed E-state index contributed by atoms with van der Waals surface area (Å²) in [4.78, 5) is 23.4. The summed E-state index contributed by atoms with van der Waals surface area (Å²) in [6.45, 7) is 2.67. The fourth-order valence-electron chi connectivity index (χ4n) is 1.60. The molecule has 0 bridgehead atoms. The van der Waals surface area contributed by atoms with Crippen LogP contribution in [0.4, 0.5) is 4.79 Å². The second-order valence-corrected chi connectivity index (χ2v) is 3.19. The Balaban J connectivity index is 2.79. The first-order valence-electron chi connectivity index (χ1n) is 4.38. The van der Waals surface area contributed by atoms with Gasteiger partial charge in [-0.25, -0.2) is 9.59 Å². The highest BCUT2D eigenvalue weighted by atomic mass is 16.5. The van der Waals surface area contributed by atoms with E-state index in [0.717, 1.165) is 0 Å². The molecule has 80 valence electrons. The third-order valence-electron chi connectivity index (χ3n) is 2.29. The molecule has 2 atom stereocenters. The second kappa shape index (κ2) is 4.28. The number of methoxy groups -OCH3 is 1.